The Hall–Kier alpha value is -4.14. The third kappa shape index (κ3) is 3.96. The lowest BCUT2D eigenvalue weighted by atomic mass is 9.71. The maximum atomic E-state index is 12.8. The summed E-state index contributed by atoms with van der Waals surface area (Å²) in [5.41, 5.74) is 2.96. The largest absolute Gasteiger partial charge is 0.507 e. The molecule has 3 aliphatic rings. The van der Waals surface area contributed by atoms with Gasteiger partial charge in [0.2, 0.25) is 0 Å². The number of rotatable bonds is 5. The summed E-state index contributed by atoms with van der Waals surface area (Å²) in [7, 11) is 4.69. The summed E-state index contributed by atoms with van der Waals surface area (Å²) in [6.45, 7) is 6.45. The first-order chi connectivity index (χ1) is 19.9. The van der Waals surface area contributed by atoms with Crippen molar-refractivity contribution in [2.45, 2.75) is 70.7 Å². The van der Waals surface area contributed by atoms with E-state index >= 15 is 0 Å². The summed E-state index contributed by atoms with van der Waals surface area (Å²) in [5, 5.41) is 56.2. The van der Waals surface area contributed by atoms with E-state index in [0.29, 0.717) is 39.0 Å². The van der Waals surface area contributed by atoms with Crippen molar-refractivity contribution in [1.29, 1.82) is 5.26 Å². The van der Waals surface area contributed by atoms with Crippen molar-refractivity contribution < 1.29 is 39.4 Å². The lowest BCUT2D eigenvalue weighted by Crippen LogP contribution is -2.68. The number of piperazine rings is 1. The standard InChI is InChI=1S/C31H37N3O8/c1-8-13(2)31(39)42-12-21-22-16(25(35)14(3)29(40-6)27(22)37)10-19-24-23-17(26(36)15(4)30(41-7)28(23)38)9-18(33(24)5)20(11-32)34(19)21/h8,18-21,24,35-38H,9-10,12H2,1-7H3/b13-8-/t18-,19+,20+,21+,24+/m1/s1. The fraction of sp³-hybridized carbons (Fsp3) is 0.484. The number of hydrogen-bond donors (Lipinski definition) is 4. The minimum Gasteiger partial charge on any atom is -0.507 e. The minimum absolute atomic E-state index is 0.0116. The van der Waals surface area contributed by atoms with Crippen LogP contribution in [0, 0.1) is 25.2 Å². The Kier molecular flexibility index (Phi) is 7.41. The number of hydrogen-bond acceptors (Lipinski definition) is 11. The van der Waals surface area contributed by atoms with Crippen molar-refractivity contribution in [3.63, 3.8) is 0 Å². The third-order valence-corrected chi connectivity index (χ3v) is 9.43. The molecule has 4 N–H and O–H groups in total. The zero-order valence-corrected chi connectivity index (χ0v) is 24.8. The van der Waals surface area contributed by atoms with Crippen molar-refractivity contribution in [1.82, 2.24) is 9.80 Å². The van der Waals surface area contributed by atoms with Crippen LogP contribution in [0.25, 0.3) is 0 Å². The van der Waals surface area contributed by atoms with Crippen LogP contribution < -0.4 is 9.47 Å². The first-order valence-corrected chi connectivity index (χ1v) is 13.9. The molecular weight excluding hydrogens is 542 g/mol. The van der Waals surface area contributed by atoms with E-state index in [0.717, 1.165) is 0 Å². The minimum atomic E-state index is -0.833. The van der Waals surface area contributed by atoms with E-state index in [9.17, 15) is 30.5 Å². The predicted octanol–water partition coefficient (Wildman–Crippen LogP) is 3.42. The van der Waals surface area contributed by atoms with Crippen molar-refractivity contribution in [2.75, 3.05) is 27.9 Å². The van der Waals surface area contributed by atoms with Crippen LogP contribution in [0.2, 0.25) is 0 Å². The van der Waals surface area contributed by atoms with Crippen molar-refractivity contribution in [3.8, 4) is 40.6 Å². The Morgan fingerprint density at radius 3 is 2.00 bits per heavy atom. The van der Waals surface area contributed by atoms with Gasteiger partial charge in [0.05, 0.1) is 32.4 Å². The fourth-order valence-electron chi connectivity index (χ4n) is 7.24. The Balaban J connectivity index is 1.78. The maximum absolute atomic E-state index is 12.8. The molecule has 0 spiro atoms. The van der Waals surface area contributed by atoms with Crippen LogP contribution in [-0.4, -0.2) is 82.2 Å². The SMILES string of the molecule is C/C=C(/C)C(=O)OC[C@H]1c2c(O)c(OC)c(C)c(O)c2C[C@H]2[C@H]3c4c(O)c(OC)c(C)c(O)c4C[C@H]([C@H](C#N)N12)N3C. The number of phenols is 4. The second kappa shape index (κ2) is 10.6. The Morgan fingerprint density at radius 1 is 0.952 bits per heavy atom. The van der Waals surface area contributed by atoms with Crippen LogP contribution in [0.4, 0.5) is 0 Å². The smallest absolute Gasteiger partial charge is 0.333 e. The van der Waals surface area contributed by atoms with Gasteiger partial charge in [-0.1, -0.05) is 6.08 Å². The normalized spacial score (nSPS) is 25.1. The van der Waals surface area contributed by atoms with Gasteiger partial charge in [-0.2, -0.15) is 5.26 Å². The molecule has 11 nitrogen and oxygen atoms in total. The van der Waals surface area contributed by atoms with E-state index in [1.807, 2.05) is 16.8 Å². The summed E-state index contributed by atoms with van der Waals surface area (Å²) in [4.78, 5) is 16.7. The maximum Gasteiger partial charge on any atom is 0.333 e. The summed E-state index contributed by atoms with van der Waals surface area (Å²) in [6, 6.07) is -0.656. The number of fused-ring (bicyclic) bond motifs is 7. The van der Waals surface area contributed by atoms with Gasteiger partial charge in [-0.15, -0.1) is 0 Å². The van der Waals surface area contributed by atoms with Crippen LogP contribution in [0.3, 0.4) is 0 Å². The van der Waals surface area contributed by atoms with Crippen molar-refractivity contribution in [2.24, 2.45) is 0 Å². The molecule has 0 saturated carbocycles. The zero-order valence-electron chi connectivity index (χ0n) is 24.8. The average molecular weight is 580 g/mol. The molecule has 0 unspecified atom stereocenters. The molecule has 1 saturated heterocycles. The molecule has 0 aliphatic carbocycles. The first kappa shape index (κ1) is 29.4. The Bertz CT molecular complexity index is 1540. The molecule has 0 amide bonds. The number of likely N-dealkylation sites (N-methyl/N-ethyl adjacent to an activating group) is 1. The molecule has 11 heteroatoms. The molecule has 2 aromatic rings. The number of methoxy groups -OCH3 is 2. The lowest BCUT2D eigenvalue weighted by molar-refractivity contribution is -0.144. The predicted molar refractivity (Wildman–Crippen MR) is 152 cm³/mol. The van der Waals surface area contributed by atoms with Gasteiger partial charge in [-0.25, -0.2) is 4.79 Å². The molecule has 5 atom stereocenters. The van der Waals surface area contributed by atoms with Gasteiger partial charge in [0.1, 0.15) is 24.1 Å². The lowest BCUT2D eigenvalue weighted by Gasteiger charge is -2.59. The van der Waals surface area contributed by atoms with E-state index in [1.165, 1.54) is 14.2 Å². The molecule has 0 radical (unpaired) electrons. The van der Waals surface area contributed by atoms with Crippen molar-refractivity contribution >= 4 is 5.97 Å². The topological polar surface area (TPSA) is 156 Å². The molecule has 2 aromatic carbocycles. The molecule has 3 heterocycles. The molecule has 42 heavy (non-hydrogen) atoms. The number of ether oxygens (including phenoxy) is 3. The zero-order chi connectivity index (χ0) is 30.8. The van der Waals surface area contributed by atoms with Crippen LogP contribution in [-0.2, 0) is 22.4 Å². The number of nitrogens with zero attached hydrogens (tertiary/aromatic N) is 3. The number of carbonyl (C=O) groups excluding carboxylic acids is 1. The van der Waals surface area contributed by atoms with Gasteiger partial charge in [0, 0.05) is 51.0 Å². The van der Waals surface area contributed by atoms with Crippen LogP contribution in [0.5, 0.6) is 34.5 Å². The first-order valence-electron chi connectivity index (χ1n) is 13.9. The van der Waals surface area contributed by atoms with Gasteiger partial charge in [0.15, 0.2) is 23.0 Å². The van der Waals surface area contributed by atoms with E-state index in [-0.39, 0.29) is 53.9 Å². The van der Waals surface area contributed by atoms with E-state index in [4.69, 9.17) is 14.2 Å². The highest BCUT2D eigenvalue weighted by Gasteiger charge is 2.57. The summed E-state index contributed by atoms with van der Waals surface area (Å²) in [5.74, 6) is -0.619. The molecule has 3 aliphatic heterocycles. The number of aromatic hydroxyl groups is 4. The van der Waals surface area contributed by atoms with Gasteiger partial charge in [-0.05, 0) is 47.6 Å². The molecule has 1 fully saturated rings. The quantitative estimate of drug-likeness (QED) is 0.234. The van der Waals surface area contributed by atoms with E-state index in [2.05, 4.69) is 6.07 Å². The fourth-order valence-corrected chi connectivity index (χ4v) is 7.24. The highest BCUT2D eigenvalue weighted by atomic mass is 16.5. The van der Waals surface area contributed by atoms with Crippen LogP contribution >= 0.6 is 0 Å². The second-order valence-corrected chi connectivity index (χ2v) is 11.3. The highest BCUT2D eigenvalue weighted by Crippen LogP contribution is 2.58. The monoisotopic (exact) mass is 579 g/mol. The van der Waals surface area contributed by atoms with Crippen molar-refractivity contribution in [3.05, 3.63) is 45.0 Å². The Labute approximate surface area is 244 Å². The average Bonchev–Trinajstić information content (AvgIpc) is 2.97. The summed E-state index contributed by atoms with van der Waals surface area (Å²) >= 11 is 0. The molecule has 0 aromatic heterocycles. The van der Waals surface area contributed by atoms with Gasteiger partial charge in [0.25, 0.3) is 0 Å². The molecular formula is C31H37N3O8. The summed E-state index contributed by atoms with van der Waals surface area (Å²) < 4.78 is 16.7. The van der Waals surface area contributed by atoms with Gasteiger partial charge >= 0.3 is 5.97 Å². The highest BCUT2D eigenvalue weighted by molar-refractivity contribution is 5.87. The summed E-state index contributed by atoms with van der Waals surface area (Å²) in [6.07, 6.45) is 2.09. The van der Waals surface area contributed by atoms with Gasteiger partial charge < -0.3 is 34.6 Å². The third-order valence-electron chi connectivity index (χ3n) is 9.43. The number of nitriles is 1. The number of benzene rings is 2. The van der Waals surface area contributed by atoms with E-state index in [1.54, 1.807) is 33.8 Å². The number of allylic oxidation sites excluding steroid dienone is 1. The van der Waals surface area contributed by atoms with Crippen LogP contribution in [0.1, 0.15) is 59.3 Å². The Morgan fingerprint density at radius 2 is 1.48 bits per heavy atom. The number of carbonyl (C=O) groups is 1. The van der Waals surface area contributed by atoms with E-state index < -0.39 is 36.2 Å². The molecule has 224 valence electrons. The molecule has 5 rings (SSSR count). The second-order valence-electron chi connectivity index (χ2n) is 11.3. The molecule has 2 bridgehead atoms. The van der Waals surface area contributed by atoms with Crippen LogP contribution in [0.15, 0.2) is 11.6 Å². The number of esters is 1. The number of phenolic OH excluding ortho intramolecular Hbond substituents is 4. The van der Waals surface area contributed by atoms with Gasteiger partial charge in [-0.3, -0.25) is 9.80 Å².